The number of aliphatic hydroxyl groups excluding tert-OH is 1. The molecule has 0 heterocycles. The Bertz CT molecular complexity index is 904. The molecule has 1 aliphatic carbocycles. The first-order chi connectivity index (χ1) is 12.6. The van der Waals surface area contributed by atoms with E-state index in [1.54, 1.807) is 24.3 Å². The summed E-state index contributed by atoms with van der Waals surface area (Å²) in [6.45, 7) is 0.193. The summed E-state index contributed by atoms with van der Waals surface area (Å²) in [4.78, 5) is 12.3. The lowest BCUT2D eigenvalue weighted by atomic mass is 9.98. The van der Waals surface area contributed by atoms with Crippen molar-refractivity contribution in [2.45, 2.75) is 12.0 Å². The van der Waals surface area contributed by atoms with Crippen LogP contribution in [0.1, 0.15) is 28.7 Å². The lowest BCUT2D eigenvalue weighted by Crippen LogP contribution is -2.19. The summed E-state index contributed by atoms with van der Waals surface area (Å²) in [5.74, 6) is -0.679. The third-order valence-corrected chi connectivity index (χ3v) is 4.83. The number of aliphatic hydroxyl groups is 1. The van der Waals surface area contributed by atoms with Crippen LogP contribution in [0, 0.1) is 0 Å². The molecular weight excluding hydrogens is 326 g/mol. The lowest BCUT2D eigenvalue weighted by Gasteiger charge is -2.16. The average Bonchev–Trinajstić information content (AvgIpc) is 3.00. The van der Waals surface area contributed by atoms with E-state index < -0.39 is 12.1 Å². The maximum absolute atomic E-state index is 12.3. The van der Waals surface area contributed by atoms with Gasteiger partial charge in [0.15, 0.2) is 6.10 Å². The first-order valence-electron chi connectivity index (χ1n) is 8.53. The molecule has 3 aromatic rings. The number of ether oxygens (including phenoxy) is 1. The molecule has 0 saturated heterocycles. The van der Waals surface area contributed by atoms with Crippen LogP contribution in [-0.4, -0.2) is 17.7 Å². The van der Waals surface area contributed by atoms with Gasteiger partial charge < -0.3 is 15.6 Å². The second kappa shape index (κ2) is 6.65. The van der Waals surface area contributed by atoms with Gasteiger partial charge in [-0.05, 0) is 39.9 Å². The zero-order valence-corrected chi connectivity index (χ0v) is 14.1. The fourth-order valence-electron chi connectivity index (χ4n) is 3.50. The molecule has 1 atom stereocenters. The van der Waals surface area contributed by atoms with Gasteiger partial charge in [0.1, 0.15) is 6.61 Å². The number of benzene rings is 3. The fraction of sp³-hybridized carbons (Fsp3) is 0.136. The molecule has 3 aromatic carbocycles. The van der Waals surface area contributed by atoms with Gasteiger partial charge in [0, 0.05) is 11.6 Å². The zero-order chi connectivity index (χ0) is 18.1. The van der Waals surface area contributed by atoms with Gasteiger partial charge in [-0.2, -0.15) is 0 Å². The summed E-state index contributed by atoms with van der Waals surface area (Å²) >= 11 is 0. The number of nitrogen functional groups attached to an aromatic ring is 1. The molecule has 4 nitrogen and oxygen atoms in total. The Morgan fingerprint density at radius 1 is 0.923 bits per heavy atom. The van der Waals surface area contributed by atoms with Crippen LogP contribution >= 0.6 is 0 Å². The minimum Gasteiger partial charge on any atom is -0.463 e. The molecule has 0 amide bonds. The second-order valence-corrected chi connectivity index (χ2v) is 6.43. The van der Waals surface area contributed by atoms with Gasteiger partial charge in [-0.1, -0.05) is 60.7 Å². The normalized spacial score (nSPS) is 13.7. The molecule has 0 aromatic heterocycles. The number of rotatable bonds is 4. The van der Waals surface area contributed by atoms with Gasteiger partial charge in [0.25, 0.3) is 0 Å². The van der Waals surface area contributed by atoms with Crippen molar-refractivity contribution in [2.75, 3.05) is 12.3 Å². The minimum absolute atomic E-state index is 0.0232. The van der Waals surface area contributed by atoms with E-state index in [-0.39, 0.29) is 12.5 Å². The van der Waals surface area contributed by atoms with Crippen molar-refractivity contribution in [1.29, 1.82) is 0 Å². The molecule has 0 radical (unpaired) electrons. The van der Waals surface area contributed by atoms with E-state index in [1.807, 2.05) is 24.3 Å². The summed E-state index contributed by atoms with van der Waals surface area (Å²) < 4.78 is 5.47. The number of esters is 1. The number of anilines is 1. The maximum atomic E-state index is 12.3. The number of carbonyl (C=O) groups is 1. The monoisotopic (exact) mass is 345 g/mol. The standard InChI is InChI=1S/C22H19NO3/c23-15-11-9-14(10-12-15)21(24)22(25)26-13-20-18-7-3-1-5-16(18)17-6-2-4-8-19(17)20/h1-12,20-21,24H,13,23H2. The van der Waals surface area contributed by atoms with E-state index in [2.05, 4.69) is 24.3 Å². The maximum Gasteiger partial charge on any atom is 0.339 e. The van der Waals surface area contributed by atoms with Crippen LogP contribution in [0.5, 0.6) is 0 Å². The lowest BCUT2D eigenvalue weighted by molar-refractivity contribution is -0.154. The molecule has 0 spiro atoms. The SMILES string of the molecule is Nc1ccc(C(O)C(=O)OCC2c3ccccc3-c3ccccc32)cc1. The average molecular weight is 345 g/mol. The number of nitrogens with two attached hydrogens (primary N) is 1. The molecule has 0 bridgehead atoms. The van der Waals surface area contributed by atoms with E-state index in [0.29, 0.717) is 11.3 Å². The van der Waals surface area contributed by atoms with Gasteiger partial charge in [-0.3, -0.25) is 0 Å². The van der Waals surface area contributed by atoms with Gasteiger partial charge in [0.05, 0.1) is 0 Å². The Labute approximate surface area is 151 Å². The third-order valence-electron chi connectivity index (χ3n) is 4.83. The molecule has 0 aliphatic heterocycles. The van der Waals surface area contributed by atoms with Crippen LogP contribution < -0.4 is 5.73 Å². The van der Waals surface area contributed by atoms with Crippen LogP contribution in [0.15, 0.2) is 72.8 Å². The van der Waals surface area contributed by atoms with Crippen LogP contribution in [0.3, 0.4) is 0 Å². The van der Waals surface area contributed by atoms with Gasteiger partial charge in [-0.15, -0.1) is 0 Å². The first kappa shape index (κ1) is 16.4. The van der Waals surface area contributed by atoms with E-state index in [0.717, 1.165) is 11.1 Å². The van der Waals surface area contributed by atoms with E-state index in [4.69, 9.17) is 10.5 Å². The van der Waals surface area contributed by atoms with Crippen molar-refractivity contribution < 1.29 is 14.6 Å². The molecule has 0 saturated carbocycles. The molecule has 1 unspecified atom stereocenters. The van der Waals surface area contributed by atoms with Crippen molar-refractivity contribution in [3.05, 3.63) is 89.5 Å². The predicted octanol–water partition coefficient (Wildman–Crippen LogP) is 3.66. The molecule has 26 heavy (non-hydrogen) atoms. The van der Waals surface area contributed by atoms with Crippen LogP contribution in [0.25, 0.3) is 11.1 Å². The van der Waals surface area contributed by atoms with Gasteiger partial charge >= 0.3 is 5.97 Å². The minimum atomic E-state index is -1.32. The van der Waals surface area contributed by atoms with E-state index in [1.165, 1.54) is 11.1 Å². The highest BCUT2D eigenvalue weighted by molar-refractivity contribution is 5.80. The summed E-state index contributed by atoms with van der Waals surface area (Å²) in [7, 11) is 0. The quantitative estimate of drug-likeness (QED) is 0.559. The Morgan fingerprint density at radius 2 is 1.46 bits per heavy atom. The number of carbonyl (C=O) groups excluding carboxylic acids is 1. The van der Waals surface area contributed by atoms with Gasteiger partial charge in [-0.25, -0.2) is 4.79 Å². The first-order valence-corrected chi connectivity index (χ1v) is 8.53. The molecular formula is C22H19NO3. The predicted molar refractivity (Wildman–Crippen MR) is 100 cm³/mol. The Balaban J connectivity index is 1.53. The molecule has 3 N–H and O–H groups in total. The van der Waals surface area contributed by atoms with Crippen molar-refractivity contribution in [2.24, 2.45) is 0 Å². The number of hydrogen-bond acceptors (Lipinski definition) is 4. The van der Waals surface area contributed by atoms with Crippen molar-refractivity contribution in [1.82, 2.24) is 0 Å². The second-order valence-electron chi connectivity index (χ2n) is 6.43. The largest absolute Gasteiger partial charge is 0.463 e. The highest BCUT2D eigenvalue weighted by atomic mass is 16.5. The van der Waals surface area contributed by atoms with Crippen molar-refractivity contribution in [3.8, 4) is 11.1 Å². The third kappa shape index (κ3) is 2.85. The summed E-state index contributed by atoms with van der Waals surface area (Å²) in [5, 5.41) is 10.2. The molecule has 130 valence electrons. The number of fused-ring (bicyclic) bond motifs is 3. The summed E-state index contributed by atoms with van der Waals surface area (Å²) in [6, 6.07) is 22.8. The van der Waals surface area contributed by atoms with Crippen molar-refractivity contribution in [3.63, 3.8) is 0 Å². The molecule has 4 rings (SSSR count). The molecule has 0 fully saturated rings. The topological polar surface area (TPSA) is 72.5 Å². The Morgan fingerprint density at radius 3 is 2.04 bits per heavy atom. The van der Waals surface area contributed by atoms with Crippen LogP contribution in [-0.2, 0) is 9.53 Å². The molecule has 1 aliphatic rings. The van der Waals surface area contributed by atoms with Gasteiger partial charge in [0.2, 0.25) is 0 Å². The summed E-state index contributed by atoms with van der Waals surface area (Å²) in [6.07, 6.45) is -1.32. The Hall–Kier alpha value is -3.11. The zero-order valence-electron chi connectivity index (χ0n) is 14.1. The highest BCUT2D eigenvalue weighted by Crippen LogP contribution is 2.44. The highest BCUT2D eigenvalue weighted by Gasteiger charge is 2.30. The van der Waals surface area contributed by atoms with Crippen LogP contribution in [0.2, 0.25) is 0 Å². The van der Waals surface area contributed by atoms with Crippen LogP contribution in [0.4, 0.5) is 5.69 Å². The Kier molecular flexibility index (Phi) is 4.19. The van der Waals surface area contributed by atoms with Crippen molar-refractivity contribution >= 4 is 11.7 Å². The van der Waals surface area contributed by atoms with E-state index >= 15 is 0 Å². The molecule has 4 heteroatoms. The summed E-state index contributed by atoms with van der Waals surface area (Å²) in [5.41, 5.74) is 11.3. The smallest absolute Gasteiger partial charge is 0.339 e. The number of hydrogen-bond donors (Lipinski definition) is 2. The van der Waals surface area contributed by atoms with E-state index in [9.17, 15) is 9.90 Å². The fourth-order valence-corrected chi connectivity index (χ4v) is 3.50.